The molecule has 2 aromatic rings. The molecule has 6 heteroatoms. The van der Waals surface area contributed by atoms with Gasteiger partial charge in [0.15, 0.2) is 0 Å². The standard InChI is InChI=1S/C13H14N4OS/c1-18-10-4-2-9(3-5-10)6-16-12-8-15-11(7-17-12)13(14)19/h2-5,7-8H,6H2,1H3,(H2,14,19)(H,16,17). The molecule has 98 valence electrons. The summed E-state index contributed by atoms with van der Waals surface area (Å²) >= 11 is 4.81. The molecule has 1 aromatic carbocycles. The second kappa shape index (κ2) is 6.10. The number of nitrogens with one attached hydrogen (secondary N) is 1. The Bertz CT molecular complexity index is 554. The summed E-state index contributed by atoms with van der Waals surface area (Å²) in [5, 5.41) is 3.17. The highest BCUT2D eigenvalue weighted by Gasteiger charge is 2.00. The average Bonchev–Trinajstić information content (AvgIpc) is 2.46. The van der Waals surface area contributed by atoms with Gasteiger partial charge in [-0.3, -0.25) is 0 Å². The molecule has 0 radical (unpaired) electrons. The molecule has 5 nitrogen and oxygen atoms in total. The number of rotatable bonds is 5. The summed E-state index contributed by atoms with van der Waals surface area (Å²) < 4.78 is 5.10. The lowest BCUT2D eigenvalue weighted by atomic mass is 10.2. The first kappa shape index (κ1) is 13.2. The van der Waals surface area contributed by atoms with Gasteiger partial charge in [-0.15, -0.1) is 0 Å². The van der Waals surface area contributed by atoms with Crippen LogP contribution >= 0.6 is 12.2 Å². The number of nitrogens with zero attached hydrogens (tertiary/aromatic N) is 2. The number of hydrogen-bond acceptors (Lipinski definition) is 5. The second-order valence-electron chi connectivity index (χ2n) is 3.85. The Hall–Kier alpha value is -2.21. The van der Waals surface area contributed by atoms with Crippen molar-refractivity contribution in [1.82, 2.24) is 9.97 Å². The Balaban J connectivity index is 1.95. The summed E-state index contributed by atoms with van der Waals surface area (Å²) in [6, 6.07) is 7.81. The van der Waals surface area contributed by atoms with Crippen LogP contribution in [0.3, 0.4) is 0 Å². The first-order valence-corrected chi connectivity index (χ1v) is 6.08. The van der Waals surface area contributed by atoms with Crippen LogP contribution in [0.2, 0.25) is 0 Å². The minimum atomic E-state index is 0.245. The van der Waals surface area contributed by atoms with Crippen molar-refractivity contribution in [3.63, 3.8) is 0 Å². The van der Waals surface area contributed by atoms with Gasteiger partial charge in [0, 0.05) is 6.54 Å². The third-order valence-electron chi connectivity index (χ3n) is 2.54. The van der Waals surface area contributed by atoms with E-state index in [2.05, 4.69) is 15.3 Å². The van der Waals surface area contributed by atoms with Crippen LogP contribution < -0.4 is 15.8 Å². The van der Waals surface area contributed by atoms with Crippen molar-refractivity contribution in [2.45, 2.75) is 6.54 Å². The van der Waals surface area contributed by atoms with E-state index in [9.17, 15) is 0 Å². The van der Waals surface area contributed by atoms with E-state index in [1.165, 1.54) is 0 Å². The Morgan fingerprint density at radius 3 is 2.53 bits per heavy atom. The number of nitrogens with two attached hydrogens (primary N) is 1. The van der Waals surface area contributed by atoms with Crippen LogP contribution in [0.25, 0.3) is 0 Å². The fourth-order valence-corrected chi connectivity index (χ4v) is 1.59. The van der Waals surface area contributed by atoms with Crippen molar-refractivity contribution >= 4 is 23.0 Å². The molecule has 0 aliphatic heterocycles. The molecule has 0 spiro atoms. The molecule has 0 saturated carbocycles. The summed E-state index contributed by atoms with van der Waals surface area (Å²) in [5.41, 5.74) is 7.10. The van der Waals surface area contributed by atoms with Gasteiger partial charge in [-0.25, -0.2) is 9.97 Å². The number of aromatic nitrogens is 2. The highest BCUT2D eigenvalue weighted by molar-refractivity contribution is 7.80. The summed E-state index contributed by atoms with van der Waals surface area (Å²) in [7, 11) is 1.65. The molecular formula is C13H14N4OS. The van der Waals surface area contributed by atoms with Crippen LogP contribution in [-0.4, -0.2) is 22.1 Å². The minimum absolute atomic E-state index is 0.245. The largest absolute Gasteiger partial charge is 0.497 e. The molecule has 3 N–H and O–H groups in total. The number of anilines is 1. The summed E-state index contributed by atoms with van der Waals surface area (Å²) in [4.78, 5) is 8.53. The Kier molecular flexibility index (Phi) is 4.25. The molecule has 19 heavy (non-hydrogen) atoms. The molecule has 0 amide bonds. The van der Waals surface area contributed by atoms with E-state index >= 15 is 0 Å². The van der Waals surface area contributed by atoms with Gasteiger partial charge >= 0.3 is 0 Å². The third-order valence-corrected chi connectivity index (χ3v) is 2.75. The smallest absolute Gasteiger partial charge is 0.144 e. The lowest BCUT2D eigenvalue weighted by Gasteiger charge is -2.06. The van der Waals surface area contributed by atoms with Gasteiger partial charge in [-0.2, -0.15) is 0 Å². The molecule has 0 fully saturated rings. The maximum Gasteiger partial charge on any atom is 0.144 e. The first-order chi connectivity index (χ1) is 9.19. The van der Waals surface area contributed by atoms with E-state index in [0.717, 1.165) is 11.3 Å². The van der Waals surface area contributed by atoms with Crippen LogP contribution in [0.5, 0.6) is 5.75 Å². The van der Waals surface area contributed by atoms with Gasteiger partial charge in [0.25, 0.3) is 0 Å². The zero-order valence-corrected chi connectivity index (χ0v) is 11.3. The van der Waals surface area contributed by atoms with Crippen LogP contribution in [0.4, 0.5) is 5.82 Å². The molecule has 0 unspecified atom stereocenters. The Labute approximate surface area is 116 Å². The third kappa shape index (κ3) is 3.62. The fraction of sp³-hybridized carbons (Fsp3) is 0.154. The number of hydrogen-bond donors (Lipinski definition) is 2. The molecule has 0 saturated heterocycles. The monoisotopic (exact) mass is 274 g/mol. The molecule has 0 bridgehead atoms. The zero-order chi connectivity index (χ0) is 13.7. The van der Waals surface area contributed by atoms with Crippen molar-refractivity contribution in [3.05, 3.63) is 47.9 Å². The van der Waals surface area contributed by atoms with Crippen molar-refractivity contribution in [3.8, 4) is 5.75 Å². The van der Waals surface area contributed by atoms with Gasteiger partial charge in [0.05, 0.1) is 19.5 Å². The molecule has 0 aliphatic rings. The van der Waals surface area contributed by atoms with Crippen LogP contribution in [0.15, 0.2) is 36.7 Å². The lowest BCUT2D eigenvalue weighted by Crippen LogP contribution is -2.12. The normalized spacial score (nSPS) is 9.95. The van der Waals surface area contributed by atoms with E-state index in [1.807, 2.05) is 24.3 Å². The quantitative estimate of drug-likeness (QED) is 0.809. The molecule has 2 rings (SSSR count). The van der Waals surface area contributed by atoms with E-state index in [0.29, 0.717) is 18.1 Å². The van der Waals surface area contributed by atoms with Gasteiger partial charge in [0.2, 0.25) is 0 Å². The Morgan fingerprint density at radius 1 is 1.26 bits per heavy atom. The fourth-order valence-electron chi connectivity index (χ4n) is 1.48. The number of thiocarbonyl (C=S) groups is 1. The maximum atomic E-state index is 5.45. The van der Waals surface area contributed by atoms with Crippen LogP contribution in [0.1, 0.15) is 11.3 Å². The van der Waals surface area contributed by atoms with Gasteiger partial charge in [-0.1, -0.05) is 24.4 Å². The number of methoxy groups -OCH3 is 1. The average molecular weight is 274 g/mol. The molecule has 0 aliphatic carbocycles. The molecule has 1 aromatic heterocycles. The van der Waals surface area contributed by atoms with Crippen molar-refractivity contribution in [2.75, 3.05) is 12.4 Å². The predicted molar refractivity (Wildman–Crippen MR) is 78.2 cm³/mol. The van der Waals surface area contributed by atoms with Crippen LogP contribution in [0, 0.1) is 0 Å². The maximum absolute atomic E-state index is 5.45. The summed E-state index contributed by atoms with van der Waals surface area (Å²) in [5.74, 6) is 1.51. The minimum Gasteiger partial charge on any atom is -0.497 e. The number of benzene rings is 1. The van der Waals surface area contributed by atoms with Crippen molar-refractivity contribution in [1.29, 1.82) is 0 Å². The van der Waals surface area contributed by atoms with Crippen molar-refractivity contribution in [2.24, 2.45) is 5.73 Å². The van der Waals surface area contributed by atoms with E-state index in [4.69, 9.17) is 22.7 Å². The molecule has 1 heterocycles. The van der Waals surface area contributed by atoms with Crippen LogP contribution in [-0.2, 0) is 6.54 Å². The van der Waals surface area contributed by atoms with E-state index in [-0.39, 0.29) is 4.99 Å². The van der Waals surface area contributed by atoms with E-state index in [1.54, 1.807) is 19.5 Å². The lowest BCUT2D eigenvalue weighted by molar-refractivity contribution is 0.414. The summed E-state index contributed by atoms with van der Waals surface area (Å²) in [6.07, 6.45) is 3.16. The van der Waals surface area contributed by atoms with E-state index < -0.39 is 0 Å². The second-order valence-corrected chi connectivity index (χ2v) is 4.29. The summed E-state index contributed by atoms with van der Waals surface area (Å²) in [6.45, 7) is 0.658. The van der Waals surface area contributed by atoms with Gasteiger partial charge in [-0.05, 0) is 17.7 Å². The topological polar surface area (TPSA) is 73.1 Å². The first-order valence-electron chi connectivity index (χ1n) is 5.67. The van der Waals surface area contributed by atoms with Crippen molar-refractivity contribution < 1.29 is 4.74 Å². The predicted octanol–water partition coefficient (Wildman–Crippen LogP) is 1.73. The van der Waals surface area contributed by atoms with Gasteiger partial charge in [0.1, 0.15) is 22.2 Å². The highest BCUT2D eigenvalue weighted by atomic mass is 32.1. The molecule has 0 atom stereocenters. The number of ether oxygens (including phenoxy) is 1. The van der Waals surface area contributed by atoms with Gasteiger partial charge < -0.3 is 15.8 Å². The Morgan fingerprint density at radius 2 is 2.00 bits per heavy atom. The molecular weight excluding hydrogens is 260 g/mol. The highest BCUT2D eigenvalue weighted by Crippen LogP contribution is 2.12. The SMILES string of the molecule is COc1ccc(CNc2cnc(C(N)=S)cn2)cc1. The zero-order valence-electron chi connectivity index (χ0n) is 10.5.